The highest BCUT2D eigenvalue weighted by Crippen LogP contribution is 2.37. The van der Waals surface area contributed by atoms with Crippen LogP contribution in [0.5, 0.6) is 0 Å². The third-order valence-electron chi connectivity index (χ3n) is 7.62. The van der Waals surface area contributed by atoms with Crippen LogP contribution in [0.15, 0.2) is 48.5 Å². The molecule has 2 aliphatic heterocycles. The molecule has 0 aromatic heterocycles. The number of imide groups is 1. The fourth-order valence-corrected chi connectivity index (χ4v) is 5.75. The zero-order chi connectivity index (χ0) is 24.4. The number of carbonyl (C=O) groups excluding carboxylic acids is 3. The molecular formula is C28H34N4O3. The monoisotopic (exact) mass is 474 g/mol. The second-order valence-electron chi connectivity index (χ2n) is 9.97. The van der Waals surface area contributed by atoms with Crippen LogP contribution in [0, 0.1) is 0 Å². The number of carbonyl (C=O) groups is 3. The van der Waals surface area contributed by atoms with E-state index in [1.165, 1.54) is 10.6 Å². The van der Waals surface area contributed by atoms with Crippen molar-refractivity contribution in [3.05, 3.63) is 65.2 Å². The molecular weight excluding hydrogens is 440 g/mol. The largest absolute Gasteiger partial charge is 0.368 e. The molecule has 0 atom stereocenters. The van der Waals surface area contributed by atoms with Crippen LogP contribution in [0.2, 0.25) is 0 Å². The predicted molar refractivity (Wildman–Crippen MR) is 134 cm³/mol. The van der Waals surface area contributed by atoms with Crippen molar-refractivity contribution in [3.63, 3.8) is 0 Å². The summed E-state index contributed by atoms with van der Waals surface area (Å²) < 4.78 is 0. The molecule has 2 fully saturated rings. The van der Waals surface area contributed by atoms with Gasteiger partial charge in [0, 0.05) is 48.3 Å². The Morgan fingerprint density at radius 2 is 1.60 bits per heavy atom. The number of hydrogen-bond donors (Lipinski definition) is 1. The summed E-state index contributed by atoms with van der Waals surface area (Å²) in [6, 6.07) is 17.0. The van der Waals surface area contributed by atoms with Crippen LogP contribution in [-0.2, 0) is 22.6 Å². The number of fused-ring (bicyclic) bond motifs is 1. The first kappa shape index (κ1) is 23.5. The van der Waals surface area contributed by atoms with Gasteiger partial charge in [-0.1, -0.05) is 36.4 Å². The third kappa shape index (κ3) is 4.82. The first-order valence-electron chi connectivity index (χ1n) is 12.9. The molecule has 1 saturated heterocycles. The van der Waals surface area contributed by atoms with Crippen molar-refractivity contribution < 1.29 is 14.4 Å². The van der Waals surface area contributed by atoms with E-state index in [0.29, 0.717) is 30.9 Å². The summed E-state index contributed by atoms with van der Waals surface area (Å²) in [5.41, 5.74) is 10.1. The van der Waals surface area contributed by atoms with E-state index in [2.05, 4.69) is 35.2 Å². The van der Waals surface area contributed by atoms with Crippen molar-refractivity contribution in [2.45, 2.75) is 76.4 Å². The summed E-state index contributed by atoms with van der Waals surface area (Å²) in [6.45, 7) is 1.13. The van der Waals surface area contributed by atoms with Crippen LogP contribution >= 0.6 is 0 Å². The molecule has 5 rings (SSSR count). The molecule has 1 saturated carbocycles. The van der Waals surface area contributed by atoms with Gasteiger partial charge in [0.1, 0.15) is 0 Å². The molecule has 2 aromatic carbocycles. The van der Waals surface area contributed by atoms with Crippen molar-refractivity contribution in [2.24, 2.45) is 5.73 Å². The maximum absolute atomic E-state index is 13.3. The Morgan fingerprint density at radius 3 is 2.31 bits per heavy atom. The second-order valence-corrected chi connectivity index (χ2v) is 9.97. The number of hydrazine groups is 1. The highest BCUT2D eigenvalue weighted by Gasteiger charge is 2.41. The lowest BCUT2D eigenvalue weighted by Crippen LogP contribution is -2.52. The van der Waals surface area contributed by atoms with Crippen LogP contribution in [-0.4, -0.2) is 46.4 Å². The Labute approximate surface area is 206 Å². The molecule has 3 amide bonds. The maximum atomic E-state index is 13.3. The molecule has 2 N–H and O–H groups in total. The zero-order valence-corrected chi connectivity index (χ0v) is 20.2. The van der Waals surface area contributed by atoms with Gasteiger partial charge in [-0.05, 0) is 62.6 Å². The van der Waals surface area contributed by atoms with Crippen LogP contribution in [0.3, 0.4) is 0 Å². The highest BCUT2D eigenvalue weighted by molar-refractivity contribution is 6.05. The molecule has 7 nitrogen and oxygen atoms in total. The molecule has 1 aliphatic carbocycles. The highest BCUT2D eigenvalue weighted by atomic mass is 16.2. The number of benzene rings is 2. The average Bonchev–Trinajstić information content (AvgIpc) is 3.20. The molecule has 0 bridgehead atoms. The number of hydrogen-bond acceptors (Lipinski definition) is 5. The van der Waals surface area contributed by atoms with Crippen molar-refractivity contribution in [1.82, 2.24) is 10.0 Å². The van der Waals surface area contributed by atoms with Crippen molar-refractivity contribution in [3.8, 4) is 0 Å². The minimum Gasteiger partial charge on any atom is -0.368 e. The van der Waals surface area contributed by atoms with E-state index >= 15 is 0 Å². The molecule has 0 radical (unpaired) electrons. The van der Waals surface area contributed by atoms with Crippen LogP contribution in [0.25, 0.3) is 0 Å². The van der Waals surface area contributed by atoms with E-state index < -0.39 is 0 Å². The summed E-state index contributed by atoms with van der Waals surface area (Å²) in [5.74, 6) is -0.838. The van der Waals surface area contributed by atoms with Gasteiger partial charge in [0.2, 0.25) is 11.8 Å². The summed E-state index contributed by atoms with van der Waals surface area (Å²) in [6.07, 6.45) is 7.17. The van der Waals surface area contributed by atoms with E-state index in [9.17, 15) is 14.4 Å². The summed E-state index contributed by atoms with van der Waals surface area (Å²) in [4.78, 5) is 40.9. The fraction of sp³-hybridized carbons (Fsp3) is 0.464. The van der Waals surface area contributed by atoms with Crippen molar-refractivity contribution in [1.29, 1.82) is 0 Å². The Bertz CT molecular complexity index is 1080. The number of nitrogens with two attached hydrogens (primary N) is 1. The molecule has 2 heterocycles. The number of aryl methyl sites for hydroxylation is 1. The summed E-state index contributed by atoms with van der Waals surface area (Å²) in [7, 11) is 0. The Balaban J connectivity index is 1.41. The minimum absolute atomic E-state index is 0.253. The molecule has 7 heteroatoms. The number of amides is 3. The summed E-state index contributed by atoms with van der Waals surface area (Å²) >= 11 is 0. The standard InChI is InChI=1S/C28H34N4O3/c29-21-14-16-22(17-15-21)30(18-6-9-20-7-2-1-3-8-20)25-11-4-10-23-24(25)19-31(28(23)35)32-26(33)12-5-13-27(32)34/h1-4,7-8,10-11,21-22H,5-6,9,12-19,29H2. The van der Waals surface area contributed by atoms with E-state index in [4.69, 9.17) is 5.73 Å². The van der Waals surface area contributed by atoms with Gasteiger partial charge >= 0.3 is 0 Å². The number of anilines is 1. The lowest BCUT2D eigenvalue weighted by atomic mass is 9.89. The lowest BCUT2D eigenvalue weighted by Gasteiger charge is -2.39. The van der Waals surface area contributed by atoms with Gasteiger partial charge in [0.05, 0.1) is 6.54 Å². The SMILES string of the molecule is NC1CCC(N(CCCc2ccccc2)c2cccc3c2CN(N2C(=O)CCCC2=O)C3=O)CC1. The van der Waals surface area contributed by atoms with E-state index in [1.807, 2.05) is 18.2 Å². The Kier molecular flexibility index (Phi) is 6.86. The first-order chi connectivity index (χ1) is 17.0. The van der Waals surface area contributed by atoms with E-state index in [1.54, 1.807) is 0 Å². The quantitative estimate of drug-likeness (QED) is 0.617. The molecule has 2 aromatic rings. The Morgan fingerprint density at radius 1 is 0.886 bits per heavy atom. The lowest BCUT2D eigenvalue weighted by molar-refractivity contribution is -0.163. The minimum atomic E-state index is -0.287. The van der Waals surface area contributed by atoms with Gasteiger partial charge < -0.3 is 10.6 Å². The van der Waals surface area contributed by atoms with Crippen molar-refractivity contribution >= 4 is 23.4 Å². The predicted octanol–water partition coefficient (Wildman–Crippen LogP) is 3.81. The van der Waals surface area contributed by atoms with Crippen molar-refractivity contribution in [2.75, 3.05) is 11.4 Å². The zero-order valence-electron chi connectivity index (χ0n) is 20.2. The molecule has 0 unspecified atom stereocenters. The maximum Gasteiger partial charge on any atom is 0.273 e. The molecule has 0 spiro atoms. The molecule has 35 heavy (non-hydrogen) atoms. The second kappa shape index (κ2) is 10.2. The van der Waals surface area contributed by atoms with Gasteiger partial charge in [0.15, 0.2) is 0 Å². The number of rotatable bonds is 7. The van der Waals surface area contributed by atoms with Crippen LogP contribution in [0.1, 0.15) is 72.9 Å². The normalized spacial score (nSPS) is 22.5. The first-order valence-corrected chi connectivity index (χ1v) is 12.9. The van der Waals surface area contributed by atoms with E-state index in [-0.39, 0.29) is 30.3 Å². The van der Waals surface area contributed by atoms with E-state index in [0.717, 1.165) is 61.3 Å². The summed E-state index contributed by atoms with van der Waals surface area (Å²) in [5, 5.41) is 2.45. The van der Waals surface area contributed by atoms with Crippen LogP contribution in [0.4, 0.5) is 5.69 Å². The Hall–Kier alpha value is -3.19. The van der Waals surface area contributed by atoms with Gasteiger partial charge in [-0.25, -0.2) is 5.01 Å². The van der Waals surface area contributed by atoms with Gasteiger partial charge in [0.25, 0.3) is 5.91 Å². The van der Waals surface area contributed by atoms with Gasteiger partial charge in [-0.15, -0.1) is 0 Å². The fourth-order valence-electron chi connectivity index (χ4n) is 5.75. The number of nitrogens with zero attached hydrogens (tertiary/aromatic N) is 3. The average molecular weight is 475 g/mol. The van der Waals surface area contributed by atoms with Gasteiger partial charge in [-0.2, -0.15) is 5.01 Å². The smallest absolute Gasteiger partial charge is 0.273 e. The van der Waals surface area contributed by atoms with Gasteiger partial charge in [-0.3, -0.25) is 14.4 Å². The third-order valence-corrected chi connectivity index (χ3v) is 7.62. The topological polar surface area (TPSA) is 86.9 Å². The van der Waals surface area contributed by atoms with Crippen LogP contribution < -0.4 is 10.6 Å². The molecule has 3 aliphatic rings. The number of piperidine rings is 1. The molecule has 184 valence electrons.